The predicted octanol–water partition coefficient (Wildman–Crippen LogP) is 2.72. The molecule has 0 fully saturated rings. The zero-order valence-electron chi connectivity index (χ0n) is 12.4. The summed E-state index contributed by atoms with van der Waals surface area (Å²) < 4.78 is 1.11. The molecule has 0 aromatic heterocycles. The van der Waals surface area contributed by atoms with E-state index in [0.717, 1.165) is 24.0 Å². The quantitative estimate of drug-likeness (QED) is 0.835. The molecular formula is C15H26BrN3. The lowest BCUT2D eigenvalue weighted by Crippen LogP contribution is -2.41. The van der Waals surface area contributed by atoms with Crippen LogP contribution in [0.5, 0.6) is 0 Å². The Morgan fingerprint density at radius 3 is 2.42 bits per heavy atom. The van der Waals surface area contributed by atoms with Crippen LogP contribution in [-0.4, -0.2) is 50.1 Å². The first kappa shape index (κ1) is 16.6. The van der Waals surface area contributed by atoms with E-state index < -0.39 is 0 Å². The zero-order valence-corrected chi connectivity index (χ0v) is 14.0. The Balaban J connectivity index is 2.88. The average molecular weight is 328 g/mol. The fraction of sp³-hybridized carbons (Fsp3) is 0.600. The van der Waals surface area contributed by atoms with E-state index in [1.54, 1.807) is 0 Å². The Morgan fingerprint density at radius 2 is 1.89 bits per heavy atom. The number of likely N-dealkylation sites (N-methyl/N-ethyl adjacent to an activating group) is 2. The van der Waals surface area contributed by atoms with Crippen LogP contribution in [0, 0.1) is 0 Å². The SMILES string of the molecule is CCC(N)C(c1cccc(Br)c1)N(C)CCN(C)C. The maximum absolute atomic E-state index is 6.34. The van der Waals surface area contributed by atoms with Crippen molar-refractivity contribution < 1.29 is 0 Å². The molecule has 0 saturated heterocycles. The molecule has 0 aliphatic rings. The number of nitrogens with zero attached hydrogens (tertiary/aromatic N) is 2. The van der Waals surface area contributed by atoms with Crippen molar-refractivity contribution in [2.45, 2.75) is 25.4 Å². The van der Waals surface area contributed by atoms with Crippen LogP contribution in [0.25, 0.3) is 0 Å². The minimum absolute atomic E-state index is 0.154. The van der Waals surface area contributed by atoms with Crippen molar-refractivity contribution in [2.75, 3.05) is 34.2 Å². The van der Waals surface area contributed by atoms with Gasteiger partial charge in [-0.25, -0.2) is 0 Å². The van der Waals surface area contributed by atoms with Crippen molar-refractivity contribution in [1.29, 1.82) is 0 Å². The molecule has 0 aliphatic carbocycles. The summed E-state index contributed by atoms with van der Waals surface area (Å²) in [6.07, 6.45) is 0.976. The van der Waals surface area contributed by atoms with Gasteiger partial charge >= 0.3 is 0 Å². The summed E-state index contributed by atoms with van der Waals surface area (Å²) in [5.74, 6) is 0. The Morgan fingerprint density at radius 1 is 1.21 bits per heavy atom. The molecule has 0 amide bonds. The van der Waals surface area contributed by atoms with Gasteiger partial charge in [0.1, 0.15) is 0 Å². The van der Waals surface area contributed by atoms with Crippen LogP contribution in [0.15, 0.2) is 28.7 Å². The van der Waals surface area contributed by atoms with Crippen molar-refractivity contribution in [2.24, 2.45) is 5.73 Å². The van der Waals surface area contributed by atoms with E-state index in [1.165, 1.54) is 5.56 Å². The van der Waals surface area contributed by atoms with E-state index in [1.807, 2.05) is 0 Å². The first-order valence-electron chi connectivity index (χ1n) is 6.81. The third-order valence-electron chi connectivity index (χ3n) is 3.44. The number of nitrogens with two attached hydrogens (primary N) is 1. The van der Waals surface area contributed by atoms with E-state index in [9.17, 15) is 0 Å². The summed E-state index contributed by atoms with van der Waals surface area (Å²) in [4.78, 5) is 4.56. The summed E-state index contributed by atoms with van der Waals surface area (Å²) >= 11 is 3.55. The molecule has 108 valence electrons. The smallest absolute Gasteiger partial charge is 0.0497 e. The highest BCUT2D eigenvalue weighted by atomic mass is 79.9. The number of halogens is 1. The van der Waals surface area contributed by atoms with Crippen LogP contribution in [-0.2, 0) is 0 Å². The molecule has 3 nitrogen and oxygen atoms in total. The van der Waals surface area contributed by atoms with Gasteiger partial charge in [0.05, 0.1) is 0 Å². The summed E-state index contributed by atoms with van der Waals surface area (Å²) in [6.45, 7) is 4.20. The summed E-state index contributed by atoms with van der Waals surface area (Å²) in [6, 6.07) is 8.89. The molecule has 2 atom stereocenters. The van der Waals surface area contributed by atoms with E-state index in [2.05, 4.69) is 78.1 Å². The van der Waals surface area contributed by atoms with E-state index in [-0.39, 0.29) is 12.1 Å². The molecule has 0 spiro atoms. The Kier molecular flexibility index (Phi) is 7.00. The highest BCUT2D eigenvalue weighted by Crippen LogP contribution is 2.26. The maximum Gasteiger partial charge on any atom is 0.0497 e. The van der Waals surface area contributed by atoms with Crippen molar-refractivity contribution >= 4 is 15.9 Å². The zero-order chi connectivity index (χ0) is 14.4. The number of benzene rings is 1. The standard InChI is InChI=1S/C15H26BrN3/c1-5-14(17)15(19(4)10-9-18(2)3)12-7-6-8-13(16)11-12/h6-8,11,14-15H,5,9-10,17H2,1-4H3. The molecule has 0 radical (unpaired) electrons. The van der Waals surface area contributed by atoms with Crippen LogP contribution in [0.1, 0.15) is 24.9 Å². The second kappa shape index (κ2) is 8.00. The molecule has 1 aromatic carbocycles. The van der Waals surface area contributed by atoms with Crippen LogP contribution < -0.4 is 5.73 Å². The van der Waals surface area contributed by atoms with Gasteiger partial charge in [0.2, 0.25) is 0 Å². The second-order valence-electron chi connectivity index (χ2n) is 5.36. The van der Waals surface area contributed by atoms with Crippen LogP contribution >= 0.6 is 15.9 Å². The van der Waals surface area contributed by atoms with E-state index in [4.69, 9.17) is 5.73 Å². The van der Waals surface area contributed by atoms with E-state index in [0.29, 0.717) is 0 Å². The highest BCUT2D eigenvalue weighted by molar-refractivity contribution is 9.10. The molecule has 2 N–H and O–H groups in total. The van der Waals surface area contributed by atoms with Gasteiger partial charge in [-0.2, -0.15) is 0 Å². The van der Waals surface area contributed by atoms with Crippen molar-refractivity contribution in [1.82, 2.24) is 9.80 Å². The van der Waals surface area contributed by atoms with Crippen molar-refractivity contribution in [3.63, 3.8) is 0 Å². The predicted molar refractivity (Wildman–Crippen MR) is 86.3 cm³/mol. The lowest BCUT2D eigenvalue weighted by molar-refractivity contribution is 0.191. The maximum atomic E-state index is 6.34. The molecule has 4 heteroatoms. The lowest BCUT2D eigenvalue weighted by atomic mass is 9.97. The van der Waals surface area contributed by atoms with Gasteiger partial charge in [-0.1, -0.05) is 35.0 Å². The fourth-order valence-corrected chi connectivity index (χ4v) is 2.66. The van der Waals surface area contributed by atoms with Gasteiger partial charge in [-0.15, -0.1) is 0 Å². The third kappa shape index (κ3) is 5.22. The van der Waals surface area contributed by atoms with Crippen molar-refractivity contribution in [3.05, 3.63) is 34.3 Å². The minimum atomic E-state index is 0.154. The summed E-state index contributed by atoms with van der Waals surface area (Å²) in [7, 11) is 6.36. The monoisotopic (exact) mass is 327 g/mol. The molecule has 0 bridgehead atoms. The summed E-state index contributed by atoms with van der Waals surface area (Å²) in [5, 5.41) is 0. The average Bonchev–Trinajstić information content (AvgIpc) is 2.36. The van der Waals surface area contributed by atoms with Gasteiger partial charge in [0, 0.05) is 29.6 Å². The van der Waals surface area contributed by atoms with Gasteiger partial charge in [-0.05, 0) is 45.3 Å². The van der Waals surface area contributed by atoms with Gasteiger partial charge < -0.3 is 10.6 Å². The van der Waals surface area contributed by atoms with E-state index >= 15 is 0 Å². The number of rotatable bonds is 7. The molecule has 1 rings (SSSR count). The molecule has 0 heterocycles. The lowest BCUT2D eigenvalue weighted by Gasteiger charge is -2.33. The van der Waals surface area contributed by atoms with Gasteiger partial charge in [-0.3, -0.25) is 4.90 Å². The first-order valence-corrected chi connectivity index (χ1v) is 7.61. The van der Waals surface area contributed by atoms with Crippen LogP contribution in [0.4, 0.5) is 0 Å². The van der Waals surface area contributed by atoms with Crippen LogP contribution in [0.3, 0.4) is 0 Å². The Hall–Kier alpha value is -0.420. The molecular weight excluding hydrogens is 302 g/mol. The normalized spacial score (nSPS) is 14.9. The van der Waals surface area contributed by atoms with Crippen LogP contribution in [0.2, 0.25) is 0 Å². The Bertz CT molecular complexity index is 381. The van der Waals surface area contributed by atoms with Gasteiger partial charge in [0.15, 0.2) is 0 Å². The summed E-state index contributed by atoms with van der Waals surface area (Å²) in [5.41, 5.74) is 7.62. The topological polar surface area (TPSA) is 32.5 Å². The molecule has 0 saturated carbocycles. The minimum Gasteiger partial charge on any atom is -0.326 e. The molecule has 2 unspecified atom stereocenters. The number of hydrogen-bond donors (Lipinski definition) is 1. The second-order valence-corrected chi connectivity index (χ2v) is 6.27. The largest absolute Gasteiger partial charge is 0.326 e. The third-order valence-corrected chi connectivity index (χ3v) is 3.94. The highest BCUT2D eigenvalue weighted by Gasteiger charge is 2.23. The number of hydrogen-bond acceptors (Lipinski definition) is 3. The molecule has 0 aliphatic heterocycles. The van der Waals surface area contributed by atoms with Gasteiger partial charge in [0.25, 0.3) is 0 Å². The van der Waals surface area contributed by atoms with Crippen molar-refractivity contribution in [3.8, 4) is 0 Å². The molecule has 1 aromatic rings. The fourth-order valence-electron chi connectivity index (χ4n) is 2.24. The first-order chi connectivity index (χ1) is 8.95. The Labute approximate surface area is 125 Å². The molecule has 19 heavy (non-hydrogen) atoms.